The number of hydrogen-bond donors (Lipinski definition) is 2. The molecule has 0 aromatic heterocycles. The van der Waals surface area contributed by atoms with E-state index in [-0.39, 0.29) is 0 Å². The van der Waals surface area contributed by atoms with Crippen LogP contribution in [-0.4, -0.2) is 11.7 Å². The second-order valence-corrected chi connectivity index (χ2v) is 4.60. The van der Waals surface area contributed by atoms with E-state index in [0.717, 1.165) is 30.9 Å². The van der Waals surface area contributed by atoms with Gasteiger partial charge in [0.2, 0.25) is 0 Å². The molecule has 1 aliphatic rings. The molecule has 86 valence electrons. The van der Waals surface area contributed by atoms with Crippen molar-refractivity contribution < 1.29 is 0 Å². The maximum Gasteiger partial charge on any atom is 0.166 e. The highest BCUT2D eigenvalue weighted by molar-refractivity contribution is 7.80. The van der Waals surface area contributed by atoms with E-state index < -0.39 is 0 Å². The quantitative estimate of drug-likeness (QED) is 0.786. The second kappa shape index (κ2) is 5.30. The molecule has 1 aromatic carbocycles. The number of benzene rings is 1. The lowest BCUT2D eigenvalue weighted by molar-refractivity contribution is 0.629. The van der Waals surface area contributed by atoms with Crippen molar-refractivity contribution in [3.8, 4) is 0 Å². The van der Waals surface area contributed by atoms with Crippen molar-refractivity contribution in [1.29, 1.82) is 0 Å². The smallest absolute Gasteiger partial charge is 0.166 e. The third kappa shape index (κ3) is 2.53. The van der Waals surface area contributed by atoms with Crippen LogP contribution in [0.3, 0.4) is 0 Å². The Morgan fingerprint density at radius 2 is 2.25 bits per heavy atom. The molecule has 0 aliphatic heterocycles. The van der Waals surface area contributed by atoms with Gasteiger partial charge in [0.1, 0.15) is 0 Å². The predicted octanol–water partition coefficient (Wildman–Crippen LogP) is 2.55. The fourth-order valence-electron chi connectivity index (χ4n) is 2.15. The molecule has 0 heterocycles. The Morgan fingerprint density at radius 1 is 1.44 bits per heavy atom. The van der Waals surface area contributed by atoms with Gasteiger partial charge < -0.3 is 10.6 Å². The Morgan fingerprint density at radius 3 is 3.06 bits per heavy atom. The summed E-state index contributed by atoms with van der Waals surface area (Å²) < 4.78 is 0. The Labute approximate surface area is 102 Å². The molecule has 3 heteroatoms. The van der Waals surface area contributed by atoms with Crippen LogP contribution in [0.25, 0.3) is 0 Å². The molecule has 1 unspecified atom stereocenters. The summed E-state index contributed by atoms with van der Waals surface area (Å²) in [4.78, 5) is 0. The number of rotatable bonds is 3. The first-order valence-corrected chi connectivity index (χ1v) is 6.34. The average molecular weight is 234 g/mol. The van der Waals surface area contributed by atoms with Gasteiger partial charge in [-0.3, -0.25) is 0 Å². The zero-order valence-electron chi connectivity index (χ0n) is 9.62. The van der Waals surface area contributed by atoms with E-state index in [0.29, 0.717) is 6.04 Å². The van der Waals surface area contributed by atoms with E-state index in [4.69, 9.17) is 12.2 Å². The minimum Gasteiger partial charge on any atom is -0.363 e. The van der Waals surface area contributed by atoms with Gasteiger partial charge in [0.25, 0.3) is 0 Å². The monoisotopic (exact) mass is 234 g/mol. The number of aryl methyl sites for hydroxylation is 1. The Bertz CT molecular complexity index is 376. The van der Waals surface area contributed by atoms with E-state index in [2.05, 4.69) is 41.8 Å². The summed E-state index contributed by atoms with van der Waals surface area (Å²) in [7, 11) is 0. The number of nitrogens with one attached hydrogen (secondary N) is 2. The van der Waals surface area contributed by atoms with Crippen molar-refractivity contribution in [3.05, 3.63) is 35.4 Å². The first-order valence-electron chi connectivity index (χ1n) is 5.93. The molecule has 1 aromatic rings. The molecule has 0 spiro atoms. The van der Waals surface area contributed by atoms with E-state index >= 15 is 0 Å². The first-order chi connectivity index (χ1) is 7.81. The normalized spacial score (nSPS) is 17.9. The molecule has 0 radical (unpaired) electrons. The molecule has 2 N–H and O–H groups in total. The Balaban J connectivity index is 1.95. The molecule has 2 nitrogen and oxygen atoms in total. The number of hydrogen-bond acceptors (Lipinski definition) is 1. The van der Waals surface area contributed by atoms with Gasteiger partial charge >= 0.3 is 0 Å². The van der Waals surface area contributed by atoms with E-state index in [9.17, 15) is 0 Å². The molecule has 1 atom stereocenters. The molecule has 0 amide bonds. The summed E-state index contributed by atoms with van der Waals surface area (Å²) in [5.41, 5.74) is 2.86. The molecular weight excluding hydrogens is 216 g/mol. The van der Waals surface area contributed by atoms with Crippen molar-refractivity contribution in [1.82, 2.24) is 10.6 Å². The van der Waals surface area contributed by atoms with Crippen LogP contribution in [0.1, 0.15) is 36.9 Å². The fraction of sp³-hybridized carbons (Fsp3) is 0.462. The summed E-state index contributed by atoms with van der Waals surface area (Å²) in [5.74, 6) is 0. The molecule has 0 saturated carbocycles. The minimum absolute atomic E-state index is 0.396. The van der Waals surface area contributed by atoms with Crippen LogP contribution in [0.15, 0.2) is 24.3 Å². The van der Waals surface area contributed by atoms with Gasteiger partial charge in [0.05, 0.1) is 6.04 Å². The van der Waals surface area contributed by atoms with Gasteiger partial charge in [-0.05, 0) is 42.6 Å². The highest BCUT2D eigenvalue weighted by Gasteiger charge is 2.21. The molecule has 0 saturated heterocycles. The SMILES string of the molecule is CCCNC(=S)NC1CCc2ccccc21. The maximum atomic E-state index is 5.26. The second-order valence-electron chi connectivity index (χ2n) is 4.19. The van der Waals surface area contributed by atoms with Gasteiger partial charge in [0.15, 0.2) is 5.11 Å². The van der Waals surface area contributed by atoms with Crippen molar-refractivity contribution in [2.24, 2.45) is 0 Å². The molecular formula is C13H18N2S. The summed E-state index contributed by atoms with van der Waals surface area (Å²) in [6.07, 6.45) is 3.40. The predicted molar refractivity (Wildman–Crippen MR) is 71.5 cm³/mol. The summed E-state index contributed by atoms with van der Waals surface area (Å²) in [5, 5.41) is 7.38. The van der Waals surface area contributed by atoms with Crippen molar-refractivity contribution in [2.75, 3.05) is 6.54 Å². The molecule has 0 fully saturated rings. The topological polar surface area (TPSA) is 24.1 Å². The van der Waals surface area contributed by atoms with Crippen LogP contribution in [0.4, 0.5) is 0 Å². The van der Waals surface area contributed by atoms with Gasteiger partial charge in [-0.15, -0.1) is 0 Å². The zero-order chi connectivity index (χ0) is 11.4. The van der Waals surface area contributed by atoms with Gasteiger partial charge in [-0.1, -0.05) is 31.2 Å². The Hall–Kier alpha value is -1.09. The third-order valence-corrected chi connectivity index (χ3v) is 3.24. The first kappa shape index (κ1) is 11.4. The highest BCUT2D eigenvalue weighted by Crippen LogP contribution is 2.30. The lowest BCUT2D eigenvalue weighted by Gasteiger charge is -2.16. The minimum atomic E-state index is 0.396. The molecule has 0 bridgehead atoms. The van der Waals surface area contributed by atoms with Gasteiger partial charge in [0, 0.05) is 6.54 Å². The zero-order valence-corrected chi connectivity index (χ0v) is 10.4. The van der Waals surface area contributed by atoms with Crippen LogP contribution in [-0.2, 0) is 6.42 Å². The number of thiocarbonyl (C=S) groups is 1. The molecule has 1 aliphatic carbocycles. The summed E-state index contributed by atoms with van der Waals surface area (Å²) in [6, 6.07) is 9.01. The van der Waals surface area contributed by atoms with Crippen molar-refractivity contribution in [2.45, 2.75) is 32.2 Å². The van der Waals surface area contributed by atoms with E-state index in [1.54, 1.807) is 0 Å². The highest BCUT2D eigenvalue weighted by atomic mass is 32.1. The van der Waals surface area contributed by atoms with Crippen molar-refractivity contribution >= 4 is 17.3 Å². The summed E-state index contributed by atoms with van der Waals surface area (Å²) >= 11 is 5.26. The lowest BCUT2D eigenvalue weighted by atomic mass is 10.1. The van der Waals surface area contributed by atoms with Crippen LogP contribution >= 0.6 is 12.2 Å². The maximum absolute atomic E-state index is 5.26. The molecule has 2 rings (SSSR count). The summed E-state index contributed by atoms with van der Waals surface area (Å²) in [6.45, 7) is 3.08. The number of fused-ring (bicyclic) bond motifs is 1. The van der Waals surface area contributed by atoms with Crippen LogP contribution < -0.4 is 10.6 Å². The molecule has 16 heavy (non-hydrogen) atoms. The largest absolute Gasteiger partial charge is 0.363 e. The van der Waals surface area contributed by atoms with E-state index in [1.807, 2.05) is 0 Å². The van der Waals surface area contributed by atoms with Crippen LogP contribution in [0, 0.1) is 0 Å². The standard InChI is InChI=1S/C13H18N2S/c1-2-9-14-13(16)15-12-8-7-10-5-3-4-6-11(10)12/h3-6,12H,2,7-9H2,1H3,(H2,14,15,16). The van der Waals surface area contributed by atoms with Crippen LogP contribution in [0.2, 0.25) is 0 Å². The van der Waals surface area contributed by atoms with Crippen LogP contribution in [0.5, 0.6) is 0 Å². The Kier molecular flexibility index (Phi) is 3.78. The van der Waals surface area contributed by atoms with Crippen molar-refractivity contribution in [3.63, 3.8) is 0 Å². The fourth-order valence-corrected chi connectivity index (χ4v) is 2.40. The lowest BCUT2D eigenvalue weighted by Crippen LogP contribution is -2.37. The van der Waals surface area contributed by atoms with E-state index in [1.165, 1.54) is 11.1 Å². The third-order valence-electron chi connectivity index (χ3n) is 2.97. The van der Waals surface area contributed by atoms with Gasteiger partial charge in [-0.25, -0.2) is 0 Å². The average Bonchev–Trinajstić information content (AvgIpc) is 2.70. The van der Waals surface area contributed by atoms with Gasteiger partial charge in [-0.2, -0.15) is 0 Å².